The summed E-state index contributed by atoms with van der Waals surface area (Å²) in [5.41, 5.74) is 0. The van der Waals surface area contributed by atoms with Gasteiger partial charge in [0.2, 0.25) is 5.91 Å². The molecule has 1 atom stereocenters. The number of aliphatic carboxylic acids is 1. The number of carbonyl (C=O) groups is 2. The number of likely N-dealkylation sites (tertiary alicyclic amines) is 1. The molecule has 1 saturated heterocycles. The normalized spacial score (nSPS) is 20.4. The van der Waals surface area contributed by atoms with Crippen molar-refractivity contribution >= 4 is 11.9 Å². The van der Waals surface area contributed by atoms with E-state index < -0.39 is 5.97 Å². The van der Waals surface area contributed by atoms with Gasteiger partial charge in [-0.1, -0.05) is 13.3 Å². The number of hydrogen-bond acceptors (Lipinski definition) is 2. The van der Waals surface area contributed by atoms with Gasteiger partial charge in [-0.05, 0) is 25.2 Å². The zero-order valence-corrected chi connectivity index (χ0v) is 9.95. The van der Waals surface area contributed by atoms with Gasteiger partial charge in [0, 0.05) is 25.9 Å². The first-order valence-corrected chi connectivity index (χ1v) is 6.13. The third-order valence-corrected chi connectivity index (χ3v) is 3.06. The third-order valence-electron chi connectivity index (χ3n) is 3.06. The fourth-order valence-electron chi connectivity index (χ4n) is 2.25. The monoisotopic (exact) mass is 227 g/mol. The van der Waals surface area contributed by atoms with E-state index in [2.05, 4.69) is 6.92 Å². The number of carboxylic acid groups (broad SMARTS) is 1. The van der Waals surface area contributed by atoms with Crippen LogP contribution in [0.2, 0.25) is 0 Å². The number of unbranched alkanes of at least 4 members (excludes halogenated alkanes) is 1. The molecule has 4 heteroatoms. The van der Waals surface area contributed by atoms with Crippen LogP contribution >= 0.6 is 0 Å². The molecular formula is C12H21NO3. The average molecular weight is 227 g/mol. The maximum absolute atomic E-state index is 11.6. The van der Waals surface area contributed by atoms with E-state index in [1.807, 2.05) is 4.90 Å². The molecule has 0 aromatic rings. The molecule has 0 saturated carbocycles. The van der Waals surface area contributed by atoms with Crippen LogP contribution in [0.4, 0.5) is 0 Å². The van der Waals surface area contributed by atoms with Crippen molar-refractivity contribution < 1.29 is 14.7 Å². The molecule has 1 rings (SSSR count). The zero-order chi connectivity index (χ0) is 12.0. The van der Waals surface area contributed by atoms with Crippen molar-refractivity contribution in [2.45, 2.75) is 45.4 Å². The summed E-state index contributed by atoms with van der Waals surface area (Å²) < 4.78 is 0. The van der Waals surface area contributed by atoms with E-state index >= 15 is 0 Å². The van der Waals surface area contributed by atoms with Gasteiger partial charge < -0.3 is 10.0 Å². The standard InChI is InChI=1S/C12H21NO3/c1-2-5-10-8-11(14)13(9-10)7-4-3-6-12(15)16/h10H,2-9H2,1H3,(H,15,16). The molecule has 16 heavy (non-hydrogen) atoms. The maximum atomic E-state index is 11.6. The lowest BCUT2D eigenvalue weighted by Gasteiger charge is -2.16. The molecule has 1 aliphatic heterocycles. The summed E-state index contributed by atoms with van der Waals surface area (Å²) in [4.78, 5) is 23.8. The predicted molar refractivity (Wildman–Crippen MR) is 61.1 cm³/mol. The maximum Gasteiger partial charge on any atom is 0.303 e. The van der Waals surface area contributed by atoms with Crippen LogP contribution in [0.1, 0.15) is 45.4 Å². The smallest absolute Gasteiger partial charge is 0.303 e. The Morgan fingerprint density at radius 2 is 2.25 bits per heavy atom. The second kappa shape index (κ2) is 6.51. The van der Waals surface area contributed by atoms with Gasteiger partial charge in [0.25, 0.3) is 0 Å². The second-order valence-electron chi connectivity index (χ2n) is 4.55. The van der Waals surface area contributed by atoms with Crippen molar-refractivity contribution in [3.05, 3.63) is 0 Å². The number of nitrogens with zero attached hydrogens (tertiary/aromatic N) is 1. The lowest BCUT2D eigenvalue weighted by Crippen LogP contribution is -2.26. The van der Waals surface area contributed by atoms with E-state index in [0.717, 1.165) is 32.4 Å². The highest BCUT2D eigenvalue weighted by molar-refractivity contribution is 5.78. The van der Waals surface area contributed by atoms with E-state index in [0.29, 0.717) is 18.8 Å². The molecule has 0 radical (unpaired) electrons. The van der Waals surface area contributed by atoms with Gasteiger partial charge in [-0.25, -0.2) is 0 Å². The van der Waals surface area contributed by atoms with Crippen molar-refractivity contribution in [3.8, 4) is 0 Å². The molecule has 0 bridgehead atoms. The van der Waals surface area contributed by atoms with Crippen LogP contribution in [-0.4, -0.2) is 35.0 Å². The average Bonchev–Trinajstić information content (AvgIpc) is 2.54. The Labute approximate surface area is 96.6 Å². The molecule has 92 valence electrons. The summed E-state index contributed by atoms with van der Waals surface area (Å²) in [6.45, 7) is 3.74. The Morgan fingerprint density at radius 1 is 1.50 bits per heavy atom. The summed E-state index contributed by atoms with van der Waals surface area (Å²) in [5, 5.41) is 8.49. The molecule has 4 nitrogen and oxygen atoms in total. The fourth-order valence-corrected chi connectivity index (χ4v) is 2.25. The zero-order valence-electron chi connectivity index (χ0n) is 9.95. The molecular weight excluding hydrogens is 206 g/mol. The SMILES string of the molecule is CCCC1CC(=O)N(CCCCC(=O)O)C1. The highest BCUT2D eigenvalue weighted by Gasteiger charge is 2.27. The topological polar surface area (TPSA) is 57.6 Å². The van der Waals surface area contributed by atoms with Crippen molar-refractivity contribution in [2.24, 2.45) is 5.92 Å². The molecule has 0 aromatic carbocycles. The molecule has 1 unspecified atom stereocenters. The second-order valence-corrected chi connectivity index (χ2v) is 4.55. The minimum Gasteiger partial charge on any atom is -0.481 e. The van der Waals surface area contributed by atoms with Gasteiger partial charge in [-0.15, -0.1) is 0 Å². The van der Waals surface area contributed by atoms with Crippen molar-refractivity contribution in [1.29, 1.82) is 0 Å². The van der Waals surface area contributed by atoms with E-state index in [1.54, 1.807) is 0 Å². The Bertz CT molecular complexity index is 253. The summed E-state index contributed by atoms with van der Waals surface area (Å²) in [7, 11) is 0. The van der Waals surface area contributed by atoms with Crippen molar-refractivity contribution in [3.63, 3.8) is 0 Å². The number of carboxylic acids is 1. The van der Waals surface area contributed by atoms with Crippen LogP contribution in [0.25, 0.3) is 0 Å². The van der Waals surface area contributed by atoms with Crippen LogP contribution in [-0.2, 0) is 9.59 Å². The number of amides is 1. The minimum absolute atomic E-state index is 0.209. The summed E-state index contributed by atoms with van der Waals surface area (Å²) >= 11 is 0. The van der Waals surface area contributed by atoms with E-state index in [-0.39, 0.29) is 12.3 Å². The number of hydrogen-bond donors (Lipinski definition) is 1. The highest BCUT2D eigenvalue weighted by Crippen LogP contribution is 2.22. The van der Waals surface area contributed by atoms with E-state index in [1.165, 1.54) is 0 Å². The van der Waals surface area contributed by atoms with Gasteiger partial charge in [0.05, 0.1) is 0 Å². The van der Waals surface area contributed by atoms with Crippen LogP contribution in [0.15, 0.2) is 0 Å². The molecule has 1 aliphatic rings. The number of carbonyl (C=O) groups excluding carboxylic acids is 1. The first kappa shape index (κ1) is 13.0. The molecule has 1 fully saturated rings. The fraction of sp³-hybridized carbons (Fsp3) is 0.833. The largest absolute Gasteiger partial charge is 0.481 e. The van der Waals surface area contributed by atoms with Gasteiger partial charge in [0.1, 0.15) is 0 Å². The minimum atomic E-state index is -0.753. The van der Waals surface area contributed by atoms with Gasteiger partial charge in [-0.2, -0.15) is 0 Å². The van der Waals surface area contributed by atoms with Crippen LogP contribution < -0.4 is 0 Å². The van der Waals surface area contributed by atoms with Crippen LogP contribution in [0.3, 0.4) is 0 Å². The summed E-state index contributed by atoms with van der Waals surface area (Å²) in [5.74, 6) is 0.0161. The van der Waals surface area contributed by atoms with Gasteiger partial charge in [0.15, 0.2) is 0 Å². The molecule has 1 heterocycles. The first-order valence-electron chi connectivity index (χ1n) is 6.13. The Morgan fingerprint density at radius 3 is 2.88 bits per heavy atom. The van der Waals surface area contributed by atoms with Crippen molar-refractivity contribution in [1.82, 2.24) is 4.90 Å². The third kappa shape index (κ3) is 4.21. The summed E-state index contributed by atoms with van der Waals surface area (Å²) in [6, 6.07) is 0. The Hall–Kier alpha value is -1.06. The van der Waals surface area contributed by atoms with Gasteiger partial charge in [-0.3, -0.25) is 9.59 Å². The van der Waals surface area contributed by atoms with E-state index in [4.69, 9.17) is 5.11 Å². The highest BCUT2D eigenvalue weighted by atomic mass is 16.4. The molecule has 0 aliphatic carbocycles. The Kier molecular flexibility index (Phi) is 5.29. The summed E-state index contributed by atoms with van der Waals surface area (Å²) in [6.07, 6.45) is 4.61. The molecule has 0 spiro atoms. The quantitative estimate of drug-likeness (QED) is 0.676. The lowest BCUT2D eigenvalue weighted by molar-refractivity contribution is -0.137. The molecule has 0 aromatic heterocycles. The first-order chi connectivity index (χ1) is 7.63. The lowest BCUT2D eigenvalue weighted by atomic mass is 10.0. The Balaban J connectivity index is 2.17. The van der Waals surface area contributed by atoms with Crippen LogP contribution in [0, 0.1) is 5.92 Å². The molecule has 1 N–H and O–H groups in total. The van der Waals surface area contributed by atoms with Crippen molar-refractivity contribution in [2.75, 3.05) is 13.1 Å². The van der Waals surface area contributed by atoms with E-state index in [9.17, 15) is 9.59 Å². The van der Waals surface area contributed by atoms with Gasteiger partial charge >= 0.3 is 5.97 Å². The predicted octanol–water partition coefficient (Wildman–Crippen LogP) is 1.89. The van der Waals surface area contributed by atoms with Crippen LogP contribution in [0.5, 0.6) is 0 Å². The number of rotatable bonds is 7. The molecule has 1 amide bonds.